The topological polar surface area (TPSA) is 374 Å². The molecular weight excluding hydrogens is 1760 g/mol. The molecule has 10 aromatic carbocycles. The van der Waals surface area contributed by atoms with Gasteiger partial charge in [-0.3, -0.25) is 28.8 Å². The minimum absolute atomic E-state index is 0.0232. The molecular formula is C109H121ClN10O17. The Morgan fingerprint density at radius 1 is 0.299 bits per heavy atom. The molecule has 0 saturated carbocycles. The van der Waals surface area contributed by atoms with Gasteiger partial charge in [0.1, 0.15) is 69.3 Å². The van der Waals surface area contributed by atoms with Crippen LogP contribution in [0.1, 0.15) is 186 Å². The number of carbonyl (C=O) groups excluding carboxylic acids is 11. The summed E-state index contributed by atoms with van der Waals surface area (Å²) in [6, 6.07) is 71.6. The number of ether oxygens (including phenoxy) is 5. The van der Waals surface area contributed by atoms with Gasteiger partial charge < -0.3 is 82.0 Å². The van der Waals surface area contributed by atoms with Crippen LogP contribution in [0.25, 0.3) is 44.5 Å². The Morgan fingerprint density at radius 2 is 0.562 bits per heavy atom. The van der Waals surface area contributed by atoms with Gasteiger partial charge in [0.15, 0.2) is 0 Å². The Kier molecular flexibility index (Phi) is 35.4. The van der Waals surface area contributed by atoms with E-state index in [1.54, 1.807) is 76.2 Å². The highest BCUT2D eigenvalue weighted by atomic mass is 35.5. The summed E-state index contributed by atoms with van der Waals surface area (Å²) >= 11 is 5.31. The van der Waals surface area contributed by atoms with Crippen molar-refractivity contribution in [3.05, 3.63) is 298 Å². The molecule has 14 rings (SSSR count). The first-order chi connectivity index (χ1) is 66.2. The average molecular weight is 1880 g/mol. The van der Waals surface area contributed by atoms with Crippen LogP contribution in [0, 0.1) is 23.7 Å². The molecule has 0 saturated heterocycles. The Balaban J connectivity index is 0.000000232. The molecule has 0 fully saturated rings. The summed E-state index contributed by atoms with van der Waals surface area (Å²) in [6.07, 6.45) is 0.0972. The number of nitrogens with one attached hydrogen (secondary N) is 10. The van der Waals surface area contributed by atoms with Crippen LogP contribution < -0.4 is 53.2 Å². The Bertz CT molecular complexity index is 5750. The van der Waals surface area contributed by atoms with Crippen molar-refractivity contribution in [3.8, 4) is 44.5 Å². The van der Waals surface area contributed by atoms with E-state index in [0.717, 1.165) is 89.0 Å². The first-order valence-corrected chi connectivity index (χ1v) is 47.4. The predicted octanol–water partition coefficient (Wildman–Crippen LogP) is 18.2. The number of aliphatic hydroxyl groups excluding tert-OH is 1. The molecule has 0 aromatic heterocycles. The third-order valence-corrected chi connectivity index (χ3v) is 25.2. The van der Waals surface area contributed by atoms with Crippen molar-refractivity contribution in [3.63, 3.8) is 0 Å². The maximum absolute atomic E-state index is 14.2. The second-order valence-electron chi connectivity index (χ2n) is 36.4. The molecule has 11 N–H and O–H groups in total. The fraction of sp³-hybridized carbons (Fsp3) is 0.349. The lowest BCUT2D eigenvalue weighted by Gasteiger charge is -2.27. The first-order valence-electron chi connectivity index (χ1n) is 47.0. The van der Waals surface area contributed by atoms with E-state index in [4.69, 9.17) is 35.3 Å². The summed E-state index contributed by atoms with van der Waals surface area (Å²) in [5.74, 6) is -4.56. The number of anilines is 2. The van der Waals surface area contributed by atoms with Crippen LogP contribution in [0.3, 0.4) is 0 Å². The standard InChI is InChI=1S/C55H60ClN5O9.C54H61N5O8/c1-33(2)29-48(60-52(64)49(34(3)4)61-55(67)70-32-46-43-21-11-7-17-39(43)40-18-8-12-22-44(40)46)51(63)59-47(50(62)58-36-26-24-35(25-27-36)30-68-53(56)65)23-13-14-28-57-54(66)69-31-45-41-19-9-5-15-37(41)38-16-6-10-20-42(38)45;1-33(2)29-48(58-52(63)49(34(3)4)59-54(65)67-32-46-43-21-11-7-17-39(43)40-18-8-12-22-44(40)46)51(62)57-47(50(61)56-36-26-24-35(30-60)25-27-36)23-13-14-28-55-53(64)66-31-45-41-19-9-5-15-37(41)38-16-6-10-20-42(38)45/h5-12,15-22,24-27,33-34,45-49H,13-14,23,28-32H2,1-4H3,(H,57,66)(H,58,62)(H,59,63)(H,60,64)(H,61,67);5-12,15-22,24-27,33-34,45-49,60H,13-14,23,28-32H2,1-4H3,(H,55,64)(H,56,61)(H,57,62)(H,58,63)(H,59,65). The molecule has 0 spiro atoms. The lowest BCUT2D eigenvalue weighted by atomic mass is 9.98. The van der Waals surface area contributed by atoms with E-state index >= 15 is 0 Å². The average Bonchev–Trinajstić information content (AvgIpc) is 1.63. The number of benzene rings is 10. The van der Waals surface area contributed by atoms with Crippen molar-refractivity contribution in [2.75, 3.05) is 50.2 Å². The molecule has 10 aromatic rings. The lowest BCUT2D eigenvalue weighted by Crippen LogP contribution is -2.57. The van der Waals surface area contributed by atoms with E-state index in [2.05, 4.69) is 114 Å². The van der Waals surface area contributed by atoms with Gasteiger partial charge in [-0.2, -0.15) is 0 Å². The Hall–Kier alpha value is -14.2. The van der Waals surface area contributed by atoms with E-state index in [9.17, 15) is 57.8 Å². The van der Waals surface area contributed by atoms with Crippen molar-refractivity contribution in [2.24, 2.45) is 23.7 Å². The normalized spacial score (nSPS) is 13.8. The van der Waals surface area contributed by atoms with Crippen molar-refractivity contribution >= 4 is 88.2 Å². The third kappa shape index (κ3) is 26.5. The highest BCUT2D eigenvalue weighted by molar-refractivity contribution is 6.61. The van der Waals surface area contributed by atoms with E-state index in [1.165, 1.54) is 0 Å². The van der Waals surface area contributed by atoms with Crippen LogP contribution in [-0.2, 0) is 65.7 Å². The van der Waals surface area contributed by atoms with Crippen LogP contribution in [0.2, 0.25) is 0 Å². The smallest absolute Gasteiger partial charge is 0.407 e. The highest BCUT2D eigenvalue weighted by Gasteiger charge is 2.39. The number of fused-ring (bicyclic) bond motifs is 12. The summed E-state index contributed by atoms with van der Waals surface area (Å²) in [7, 11) is 0. The zero-order chi connectivity index (χ0) is 97.2. The second kappa shape index (κ2) is 48.3. The second-order valence-corrected chi connectivity index (χ2v) is 36.7. The maximum Gasteiger partial charge on any atom is 0.407 e. The molecule has 6 atom stereocenters. The van der Waals surface area contributed by atoms with E-state index in [-0.39, 0.29) is 126 Å². The molecule has 0 radical (unpaired) electrons. The molecule has 137 heavy (non-hydrogen) atoms. The molecule has 28 heteroatoms. The molecule has 0 heterocycles. The molecule has 716 valence electrons. The van der Waals surface area contributed by atoms with Gasteiger partial charge in [0.25, 0.3) is 0 Å². The number of alkyl carbamates (subject to hydrolysis) is 4. The zero-order valence-electron chi connectivity index (χ0n) is 78.3. The van der Waals surface area contributed by atoms with Gasteiger partial charge in [0.05, 0.1) is 6.61 Å². The number of hydrogen-bond donors (Lipinski definition) is 11. The Morgan fingerprint density at radius 3 is 0.825 bits per heavy atom. The highest BCUT2D eigenvalue weighted by Crippen LogP contribution is 2.49. The zero-order valence-corrected chi connectivity index (χ0v) is 79.1. The number of carbonyl (C=O) groups is 11. The molecule has 10 amide bonds. The van der Waals surface area contributed by atoms with Crippen molar-refractivity contribution in [1.29, 1.82) is 0 Å². The van der Waals surface area contributed by atoms with Crippen LogP contribution in [0.5, 0.6) is 0 Å². The number of amides is 10. The fourth-order valence-corrected chi connectivity index (χ4v) is 18.3. The quantitative estimate of drug-likeness (QED) is 0.00963. The van der Waals surface area contributed by atoms with Crippen LogP contribution in [-0.4, -0.2) is 146 Å². The molecule has 6 unspecified atom stereocenters. The van der Waals surface area contributed by atoms with Gasteiger partial charge in [0.2, 0.25) is 35.4 Å². The van der Waals surface area contributed by atoms with Gasteiger partial charge in [-0.15, -0.1) is 0 Å². The summed E-state index contributed by atoms with van der Waals surface area (Å²) < 4.78 is 27.7. The molecule has 4 aliphatic rings. The SMILES string of the molecule is CC(C)CC(NC(=O)C(NC(=O)OCC1c2ccccc2-c2ccccc21)C(C)C)C(=O)NC(CCCCNC(=O)OCC1c2ccccc2-c2ccccc21)C(=O)Nc1ccc(CO)cc1.CC(C)CC(NC(=O)C(NC(=O)OCC1c2ccccc2-c2ccccc21)C(C)C)C(=O)NC(CCCCNC(=O)OCC1c2ccccc2-c2ccccc21)C(=O)Nc1ccc(COC(=O)Cl)cc1. The van der Waals surface area contributed by atoms with Crippen molar-refractivity contribution in [1.82, 2.24) is 42.5 Å². The van der Waals surface area contributed by atoms with Gasteiger partial charge in [0, 0.05) is 59.7 Å². The number of unbranched alkanes of at least 4 members (excludes halogenated alkanes) is 2. The number of aliphatic hydroxyl groups is 1. The molecule has 0 aliphatic heterocycles. The summed E-state index contributed by atoms with van der Waals surface area (Å²) in [5, 5.41) is 37.8. The van der Waals surface area contributed by atoms with Gasteiger partial charge in [-0.25, -0.2) is 24.0 Å². The molecule has 4 aliphatic carbocycles. The van der Waals surface area contributed by atoms with Gasteiger partial charge in [-0.1, -0.05) is 274 Å². The van der Waals surface area contributed by atoms with Crippen LogP contribution in [0.4, 0.5) is 35.3 Å². The monoisotopic (exact) mass is 1880 g/mol. The molecule has 27 nitrogen and oxygen atoms in total. The molecule has 0 bridgehead atoms. The summed E-state index contributed by atoms with van der Waals surface area (Å²) in [6.45, 7) is 15.6. The van der Waals surface area contributed by atoms with Crippen LogP contribution >= 0.6 is 11.6 Å². The predicted molar refractivity (Wildman–Crippen MR) is 526 cm³/mol. The van der Waals surface area contributed by atoms with Crippen molar-refractivity contribution in [2.45, 2.75) is 180 Å². The largest absolute Gasteiger partial charge is 0.449 e. The number of hydrogen-bond acceptors (Lipinski definition) is 17. The first kappa shape index (κ1) is 100. The minimum atomic E-state index is -1.06. The van der Waals surface area contributed by atoms with E-state index in [0.29, 0.717) is 48.2 Å². The van der Waals surface area contributed by atoms with E-state index < -0.39 is 101 Å². The van der Waals surface area contributed by atoms with Gasteiger partial charge in [-0.05, 0) is 199 Å². The fourth-order valence-electron chi connectivity index (χ4n) is 18.2. The Labute approximate surface area is 804 Å². The number of halogens is 1. The lowest BCUT2D eigenvalue weighted by molar-refractivity contribution is -0.132. The van der Waals surface area contributed by atoms with Crippen molar-refractivity contribution < 1.29 is 81.5 Å². The van der Waals surface area contributed by atoms with Gasteiger partial charge >= 0.3 is 29.8 Å². The third-order valence-electron chi connectivity index (χ3n) is 25.1. The summed E-state index contributed by atoms with van der Waals surface area (Å²) in [4.78, 5) is 148. The minimum Gasteiger partial charge on any atom is -0.449 e. The van der Waals surface area contributed by atoms with Crippen LogP contribution in [0.15, 0.2) is 243 Å². The van der Waals surface area contributed by atoms with E-state index in [1.807, 2.05) is 161 Å². The number of rotatable bonds is 41. The summed E-state index contributed by atoms with van der Waals surface area (Å²) in [5.41, 5.74) is 18.9. The maximum atomic E-state index is 14.2.